The number of aromatic nitrogens is 4. The summed E-state index contributed by atoms with van der Waals surface area (Å²) in [4.78, 5) is 8.27. The highest BCUT2D eigenvalue weighted by molar-refractivity contribution is 5.31. The minimum Gasteiger partial charge on any atom is -0.383 e. The number of hydrogen-bond acceptors (Lipinski definition) is 5. The smallest absolute Gasteiger partial charge is 0.159 e. The van der Waals surface area contributed by atoms with Gasteiger partial charge in [-0.05, 0) is 13.0 Å². The van der Waals surface area contributed by atoms with Gasteiger partial charge in [0.25, 0.3) is 0 Å². The fourth-order valence-electron chi connectivity index (χ4n) is 1.69. The molecule has 0 unspecified atom stereocenters. The fourth-order valence-corrected chi connectivity index (χ4v) is 1.69. The van der Waals surface area contributed by atoms with Gasteiger partial charge < -0.3 is 10.1 Å². The summed E-state index contributed by atoms with van der Waals surface area (Å²) in [6.07, 6.45) is 4.89. The third kappa shape index (κ3) is 3.12. The molecule has 0 spiro atoms. The Hall–Kier alpha value is -1.79. The van der Waals surface area contributed by atoms with Crippen LogP contribution in [0.4, 0.5) is 0 Å². The van der Waals surface area contributed by atoms with Gasteiger partial charge in [0.05, 0.1) is 6.61 Å². The summed E-state index contributed by atoms with van der Waals surface area (Å²) >= 11 is 0. The van der Waals surface area contributed by atoms with E-state index in [-0.39, 0.29) is 0 Å². The van der Waals surface area contributed by atoms with Crippen molar-refractivity contribution in [1.29, 1.82) is 0 Å². The van der Waals surface area contributed by atoms with E-state index in [1.807, 2.05) is 12.1 Å². The molecule has 0 saturated carbocycles. The third-order valence-electron chi connectivity index (χ3n) is 2.56. The van der Waals surface area contributed by atoms with Gasteiger partial charge in [0.2, 0.25) is 0 Å². The summed E-state index contributed by atoms with van der Waals surface area (Å²) in [7, 11) is 1.70. The van der Waals surface area contributed by atoms with Crippen LogP contribution in [0.1, 0.15) is 12.5 Å². The van der Waals surface area contributed by atoms with Gasteiger partial charge in [-0.25, -0.2) is 14.6 Å². The largest absolute Gasteiger partial charge is 0.383 e. The molecule has 2 aromatic heterocycles. The normalized spacial score (nSPS) is 12.6. The molecule has 1 N–H and O–H groups in total. The second-order valence-electron chi connectivity index (χ2n) is 4.06. The van der Waals surface area contributed by atoms with E-state index in [1.165, 1.54) is 6.33 Å². The van der Waals surface area contributed by atoms with Gasteiger partial charge in [-0.2, -0.15) is 5.10 Å². The van der Waals surface area contributed by atoms with Gasteiger partial charge in [0.15, 0.2) is 5.82 Å². The van der Waals surface area contributed by atoms with Crippen molar-refractivity contribution in [2.45, 2.75) is 19.5 Å². The minimum atomic E-state index is 0.291. The van der Waals surface area contributed by atoms with Crippen LogP contribution in [0.25, 0.3) is 5.82 Å². The molecule has 0 radical (unpaired) electrons. The Morgan fingerprint density at radius 2 is 2.39 bits per heavy atom. The molecule has 0 amide bonds. The lowest BCUT2D eigenvalue weighted by molar-refractivity contribution is 0.171. The summed E-state index contributed by atoms with van der Waals surface area (Å²) in [6, 6.07) is 4.23. The van der Waals surface area contributed by atoms with Crippen molar-refractivity contribution < 1.29 is 4.74 Å². The molecule has 18 heavy (non-hydrogen) atoms. The summed E-state index contributed by atoms with van der Waals surface area (Å²) < 4.78 is 6.75. The summed E-state index contributed by atoms with van der Waals surface area (Å²) in [5.74, 6) is 0.798. The van der Waals surface area contributed by atoms with E-state index in [4.69, 9.17) is 4.74 Å². The van der Waals surface area contributed by atoms with Crippen LogP contribution < -0.4 is 5.32 Å². The van der Waals surface area contributed by atoms with Gasteiger partial charge in [-0.1, -0.05) is 6.07 Å². The Labute approximate surface area is 106 Å². The lowest BCUT2D eigenvalue weighted by Gasteiger charge is -2.14. The summed E-state index contributed by atoms with van der Waals surface area (Å²) in [5, 5.41) is 7.48. The van der Waals surface area contributed by atoms with Crippen molar-refractivity contribution in [1.82, 2.24) is 25.1 Å². The first kappa shape index (κ1) is 12.7. The summed E-state index contributed by atoms with van der Waals surface area (Å²) in [6.45, 7) is 3.47. The molecule has 0 bridgehead atoms. The molecule has 0 aliphatic rings. The number of pyridine rings is 1. The van der Waals surface area contributed by atoms with Crippen LogP contribution in [0.5, 0.6) is 0 Å². The van der Waals surface area contributed by atoms with Crippen molar-refractivity contribution in [3.8, 4) is 5.82 Å². The molecule has 0 aromatic carbocycles. The first-order chi connectivity index (χ1) is 8.81. The van der Waals surface area contributed by atoms with Crippen LogP contribution in [0.15, 0.2) is 31.0 Å². The number of nitrogens with one attached hydrogen (secondary N) is 1. The van der Waals surface area contributed by atoms with Gasteiger partial charge in [0.1, 0.15) is 12.7 Å². The average molecular weight is 247 g/mol. The van der Waals surface area contributed by atoms with Crippen LogP contribution in [0.2, 0.25) is 0 Å². The highest BCUT2D eigenvalue weighted by Gasteiger charge is 2.07. The maximum Gasteiger partial charge on any atom is 0.159 e. The van der Waals surface area contributed by atoms with Crippen LogP contribution in [0.3, 0.4) is 0 Å². The van der Waals surface area contributed by atoms with E-state index >= 15 is 0 Å². The van der Waals surface area contributed by atoms with E-state index in [0.717, 1.165) is 11.4 Å². The second kappa shape index (κ2) is 6.23. The predicted molar refractivity (Wildman–Crippen MR) is 67.3 cm³/mol. The number of hydrogen-bond donors (Lipinski definition) is 1. The standard InChI is InChI=1S/C12H17N5O/c1-10(7-18-2)15-6-11-4-3-5-14-12(11)17-9-13-8-16-17/h3-5,8-10,15H,6-7H2,1-2H3/t10-/m0/s1. The molecule has 2 heterocycles. The zero-order chi connectivity index (χ0) is 12.8. The molecule has 1 atom stereocenters. The SMILES string of the molecule is COC[C@H](C)NCc1cccnc1-n1cncn1. The van der Waals surface area contributed by atoms with Gasteiger partial charge >= 0.3 is 0 Å². The molecule has 0 fully saturated rings. The van der Waals surface area contributed by atoms with Crippen LogP contribution in [-0.4, -0.2) is 39.5 Å². The van der Waals surface area contributed by atoms with Crippen LogP contribution >= 0.6 is 0 Å². The Bertz CT molecular complexity index is 471. The van der Waals surface area contributed by atoms with Crippen molar-refractivity contribution in [3.63, 3.8) is 0 Å². The maximum absolute atomic E-state index is 5.09. The Morgan fingerprint density at radius 1 is 1.50 bits per heavy atom. The average Bonchev–Trinajstić information content (AvgIpc) is 2.91. The molecule has 2 aromatic rings. The van der Waals surface area contributed by atoms with Crippen LogP contribution in [0, 0.1) is 0 Å². The monoisotopic (exact) mass is 247 g/mol. The lowest BCUT2D eigenvalue weighted by atomic mass is 10.2. The topological polar surface area (TPSA) is 64.9 Å². The van der Waals surface area contributed by atoms with Gasteiger partial charge in [0, 0.05) is 31.5 Å². The Kier molecular flexibility index (Phi) is 4.38. The van der Waals surface area contributed by atoms with E-state index < -0.39 is 0 Å². The number of methoxy groups -OCH3 is 1. The highest BCUT2D eigenvalue weighted by Crippen LogP contribution is 2.09. The van der Waals surface area contributed by atoms with Gasteiger partial charge in [-0.3, -0.25) is 0 Å². The van der Waals surface area contributed by atoms with E-state index in [0.29, 0.717) is 19.2 Å². The van der Waals surface area contributed by atoms with E-state index in [1.54, 1.807) is 24.3 Å². The molecular formula is C12H17N5O. The van der Waals surface area contributed by atoms with Crippen molar-refractivity contribution in [3.05, 3.63) is 36.5 Å². The first-order valence-corrected chi connectivity index (χ1v) is 5.82. The van der Waals surface area contributed by atoms with Crippen molar-refractivity contribution in [2.24, 2.45) is 0 Å². The third-order valence-corrected chi connectivity index (χ3v) is 2.56. The van der Waals surface area contributed by atoms with Gasteiger partial charge in [-0.15, -0.1) is 0 Å². The molecule has 6 heteroatoms. The molecule has 0 saturated heterocycles. The molecular weight excluding hydrogens is 230 g/mol. The zero-order valence-corrected chi connectivity index (χ0v) is 10.6. The highest BCUT2D eigenvalue weighted by atomic mass is 16.5. The maximum atomic E-state index is 5.09. The predicted octanol–water partition coefficient (Wildman–Crippen LogP) is 0.787. The summed E-state index contributed by atoms with van der Waals surface area (Å²) in [5.41, 5.74) is 1.07. The number of rotatable bonds is 6. The van der Waals surface area contributed by atoms with Crippen LogP contribution in [-0.2, 0) is 11.3 Å². The van der Waals surface area contributed by atoms with E-state index in [2.05, 4.69) is 27.3 Å². The number of ether oxygens (including phenoxy) is 1. The molecule has 2 rings (SSSR count). The molecule has 96 valence electrons. The Balaban J connectivity index is 2.09. The minimum absolute atomic E-state index is 0.291. The fraction of sp³-hybridized carbons (Fsp3) is 0.417. The molecule has 6 nitrogen and oxygen atoms in total. The zero-order valence-electron chi connectivity index (χ0n) is 10.6. The second-order valence-corrected chi connectivity index (χ2v) is 4.06. The lowest BCUT2D eigenvalue weighted by Crippen LogP contribution is -2.30. The first-order valence-electron chi connectivity index (χ1n) is 5.82. The van der Waals surface area contributed by atoms with Crippen molar-refractivity contribution >= 4 is 0 Å². The van der Waals surface area contributed by atoms with E-state index in [9.17, 15) is 0 Å². The molecule has 0 aliphatic carbocycles. The number of nitrogens with zero attached hydrogens (tertiary/aromatic N) is 4. The Morgan fingerprint density at radius 3 is 3.11 bits per heavy atom. The molecule has 0 aliphatic heterocycles. The quantitative estimate of drug-likeness (QED) is 0.817. The van der Waals surface area contributed by atoms with Crippen molar-refractivity contribution in [2.75, 3.05) is 13.7 Å².